The van der Waals surface area contributed by atoms with E-state index >= 15 is 0 Å². The van der Waals surface area contributed by atoms with Crippen LogP contribution in [0.15, 0.2) is 10.2 Å². The minimum atomic E-state index is -3.10. The van der Waals surface area contributed by atoms with Crippen LogP contribution < -0.4 is 5.32 Å². The summed E-state index contributed by atoms with van der Waals surface area (Å²) >= 11 is 0. The molecule has 0 aliphatic rings. The molecule has 0 spiro atoms. The molecular weight excluding hydrogens is 360 g/mol. The van der Waals surface area contributed by atoms with Crippen molar-refractivity contribution >= 4 is 26.6 Å². The molecule has 0 aromatic carbocycles. The highest BCUT2D eigenvalue weighted by molar-refractivity contribution is 6.63. The van der Waals surface area contributed by atoms with Gasteiger partial charge in [0.05, 0.1) is 5.67 Å². The summed E-state index contributed by atoms with van der Waals surface area (Å²) < 4.78 is 17.7. The van der Waals surface area contributed by atoms with E-state index in [2.05, 4.69) is 40.3 Å². The second-order valence-electron chi connectivity index (χ2n) is 4.65. The molecule has 14 heteroatoms. The van der Waals surface area contributed by atoms with Gasteiger partial charge in [-0.1, -0.05) is 6.92 Å². The van der Waals surface area contributed by atoms with E-state index in [1.54, 1.807) is 0 Å². The normalized spacial score (nSPS) is 12.0. The first-order chi connectivity index (χ1) is 12.6. The maximum absolute atomic E-state index is 8.58. The zero-order valence-electron chi connectivity index (χ0n) is 15.2. The molecule has 1 atom stereocenters. The number of hydrogen-bond acceptors (Lipinski definition) is 9. The van der Waals surface area contributed by atoms with Gasteiger partial charge in [-0.3, -0.25) is 0 Å². The zero-order valence-corrected chi connectivity index (χ0v) is 16.2. The van der Waals surface area contributed by atoms with E-state index < -0.39 is 8.80 Å². The van der Waals surface area contributed by atoms with Crippen LogP contribution in [-0.2, 0) is 13.3 Å². The van der Waals surface area contributed by atoms with Crippen LogP contribution in [-0.4, -0.2) is 49.2 Å². The Labute approximate surface area is 151 Å². The number of nitrogens with zero attached hydrogens (tertiary/aromatic N) is 9. The quantitative estimate of drug-likeness (QED) is 0.248. The number of nitrogens with one attached hydrogen (secondary N) is 1. The molecular formula is C12H22N10O3Si. The molecule has 1 aromatic heterocycles. The Kier molecular flexibility index (Phi) is 9.29. The summed E-state index contributed by atoms with van der Waals surface area (Å²) in [4.78, 5) is 17.0. The Hall–Kier alpha value is -2.47. The fraction of sp³-hybridized carbons (Fsp3) is 0.750. The lowest BCUT2D eigenvalue weighted by Gasteiger charge is -2.35. The molecule has 0 fully saturated rings. The Bertz CT molecular complexity index is 624. The van der Waals surface area contributed by atoms with Crippen LogP contribution in [0.4, 0.5) is 17.8 Å². The van der Waals surface area contributed by atoms with Gasteiger partial charge in [0, 0.05) is 29.6 Å². The van der Waals surface area contributed by atoms with E-state index in [0.717, 1.165) is 0 Å². The summed E-state index contributed by atoms with van der Waals surface area (Å²) in [7, 11) is -3.10. The van der Waals surface area contributed by atoms with Crippen LogP contribution >= 0.6 is 0 Å². The minimum Gasteiger partial charge on any atom is -0.373 e. The van der Waals surface area contributed by atoms with Crippen molar-refractivity contribution in [3.05, 3.63) is 20.9 Å². The van der Waals surface area contributed by atoms with Crippen molar-refractivity contribution in [3.63, 3.8) is 0 Å². The summed E-state index contributed by atoms with van der Waals surface area (Å²) in [5.74, 6) is -0.384. The topological polar surface area (TPSA) is 176 Å². The van der Waals surface area contributed by atoms with Gasteiger partial charge in [-0.05, 0) is 48.5 Å². The van der Waals surface area contributed by atoms with Crippen molar-refractivity contribution in [2.75, 3.05) is 25.1 Å². The Morgan fingerprint density at radius 2 is 1.38 bits per heavy atom. The summed E-state index contributed by atoms with van der Waals surface area (Å²) in [6.07, 6.45) is 0.589. The molecule has 13 nitrogen and oxygen atoms in total. The fourth-order valence-electron chi connectivity index (χ4n) is 2.21. The van der Waals surface area contributed by atoms with Crippen molar-refractivity contribution in [2.45, 2.75) is 39.8 Å². The number of aromatic nitrogens is 3. The monoisotopic (exact) mass is 382 g/mol. The predicted octanol–water partition coefficient (Wildman–Crippen LogP) is 3.53. The van der Waals surface area contributed by atoms with Crippen LogP contribution in [0.5, 0.6) is 0 Å². The molecule has 0 saturated carbocycles. The van der Waals surface area contributed by atoms with E-state index in [0.29, 0.717) is 26.2 Å². The second kappa shape index (κ2) is 11.2. The molecule has 0 aliphatic heterocycles. The minimum absolute atomic E-state index is 0.0626. The molecule has 0 bridgehead atoms. The van der Waals surface area contributed by atoms with Crippen molar-refractivity contribution in [3.8, 4) is 0 Å². The maximum atomic E-state index is 8.58. The van der Waals surface area contributed by atoms with Gasteiger partial charge >= 0.3 is 8.80 Å². The molecule has 0 saturated heterocycles. The highest BCUT2D eigenvalue weighted by Gasteiger charge is 2.49. The van der Waals surface area contributed by atoms with Crippen molar-refractivity contribution in [1.82, 2.24) is 15.0 Å². The summed E-state index contributed by atoms with van der Waals surface area (Å²) in [6.45, 7) is 8.74. The lowest BCUT2D eigenvalue weighted by Crippen LogP contribution is -2.59. The number of anilines is 1. The molecule has 0 radical (unpaired) electrons. The number of rotatable bonds is 12. The van der Waals surface area contributed by atoms with Gasteiger partial charge in [-0.2, -0.15) is 9.97 Å². The lowest BCUT2D eigenvalue weighted by molar-refractivity contribution is 0.0638. The van der Waals surface area contributed by atoms with Crippen molar-refractivity contribution in [2.24, 2.45) is 10.2 Å². The van der Waals surface area contributed by atoms with Gasteiger partial charge in [-0.25, -0.2) is 4.98 Å². The highest BCUT2D eigenvalue weighted by atomic mass is 28.4. The van der Waals surface area contributed by atoms with Crippen LogP contribution in [0.1, 0.15) is 34.1 Å². The SMILES string of the molecule is CCO[Si](OCC)(OCC)C(CC)Nc1nc(N=[N+]=[N-])nc(N=[N+]=[N-])n1. The molecule has 1 rings (SSSR count). The number of hydrogen-bond donors (Lipinski definition) is 1. The van der Waals surface area contributed by atoms with E-state index in [4.69, 9.17) is 24.3 Å². The largest absolute Gasteiger partial charge is 0.524 e. The maximum Gasteiger partial charge on any atom is 0.524 e. The molecule has 1 N–H and O–H groups in total. The molecule has 26 heavy (non-hydrogen) atoms. The zero-order chi connectivity index (χ0) is 19.4. The molecule has 1 heterocycles. The third kappa shape index (κ3) is 5.81. The first kappa shape index (κ1) is 21.6. The van der Waals surface area contributed by atoms with Crippen molar-refractivity contribution < 1.29 is 13.3 Å². The third-order valence-electron chi connectivity index (χ3n) is 3.06. The molecule has 0 aliphatic carbocycles. The van der Waals surface area contributed by atoms with Gasteiger partial charge in [0.2, 0.25) is 17.8 Å². The van der Waals surface area contributed by atoms with E-state index in [1.165, 1.54) is 0 Å². The molecule has 142 valence electrons. The highest BCUT2D eigenvalue weighted by Crippen LogP contribution is 2.22. The van der Waals surface area contributed by atoms with Crippen LogP contribution in [0.3, 0.4) is 0 Å². The Morgan fingerprint density at radius 3 is 1.73 bits per heavy atom. The first-order valence-corrected chi connectivity index (χ1v) is 9.93. The molecule has 1 aromatic rings. The smallest absolute Gasteiger partial charge is 0.373 e. The van der Waals surface area contributed by atoms with Crippen LogP contribution in [0.25, 0.3) is 20.9 Å². The van der Waals surface area contributed by atoms with Crippen LogP contribution in [0.2, 0.25) is 0 Å². The Balaban J connectivity index is 3.28. The first-order valence-electron chi connectivity index (χ1n) is 8.13. The summed E-state index contributed by atoms with van der Waals surface area (Å²) in [5, 5.41) is 9.73. The van der Waals surface area contributed by atoms with Gasteiger partial charge in [0.1, 0.15) is 0 Å². The predicted molar refractivity (Wildman–Crippen MR) is 95.8 cm³/mol. The number of azide groups is 2. The van der Waals surface area contributed by atoms with E-state index in [1.807, 2.05) is 27.7 Å². The van der Waals surface area contributed by atoms with Gasteiger partial charge in [-0.15, -0.1) is 0 Å². The van der Waals surface area contributed by atoms with Gasteiger partial charge < -0.3 is 18.6 Å². The van der Waals surface area contributed by atoms with E-state index in [-0.39, 0.29) is 23.5 Å². The summed E-state index contributed by atoms with van der Waals surface area (Å²) in [5.41, 5.74) is 16.8. The fourth-order valence-corrected chi connectivity index (χ4v) is 5.08. The third-order valence-corrected chi connectivity index (χ3v) is 6.53. The average molecular weight is 382 g/mol. The second-order valence-corrected chi connectivity index (χ2v) is 7.42. The van der Waals surface area contributed by atoms with Crippen molar-refractivity contribution in [1.29, 1.82) is 0 Å². The summed E-state index contributed by atoms with van der Waals surface area (Å²) in [6, 6.07) is 0. The molecule has 1 unspecified atom stereocenters. The standard InChI is InChI=1S/C12H22N10O3Si/c1-5-9(26(23-6-2,24-7-3)25-8-4)15-10-16-11(19-21-13)18-12(17-10)20-22-14/h9H,5-8H2,1-4H3,(H,15,16,17,18). The van der Waals surface area contributed by atoms with E-state index in [9.17, 15) is 0 Å². The lowest BCUT2D eigenvalue weighted by atomic mass is 10.5. The molecule has 0 amide bonds. The average Bonchev–Trinajstić information content (AvgIpc) is 2.60. The van der Waals surface area contributed by atoms with Crippen LogP contribution in [0, 0.1) is 0 Å². The van der Waals surface area contributed by atoms with Gasteiger partial charge in [0.25, 0.3) is 0 Å². The van der Waals surface area contributed by atoms with Gasteiger partial charge in [0.15, 0.2) is 0 Å². The Morgan fingerprint density at radius 1 is 0.923 bits per heavy atom.